The number of rotatable bonds is 4. The second-order valence-corrected chi connectivity index (χ2v) is 4.11. The van der Waals surface area contributed by atoms with E-state index >= 15 is 0 Å². The largest absolute Gasteiger partial charge is 0.493 e. The Hall–Kier alpha value is -2.44. The normalized spacial score (nSPS) is 9.50. The van der Waals surface area contributed by atoms with Crippen molar-refractivity contribution in [1.82, 2.24) is 0 Å². The molecule has 0 amide bonds. The lowest BCUT2D eigenvalue weighted by atomic mass is 10.2. The van der Waals surface area contributed by atoms with Crippen LogP contribution in [0.3, 0.4) is 0 Å². The summed E-state index contributed by atoms with van der Waals surface area (Å²) in [6.07, 6.45) is 0. The first kappa shape index (κ1) is 14.0. The lowest BCUT2D eigenvalue weighted by Gasteiger charge is -2.12. The van der Waals surface area contributed by atoms with Crippen LogP contribution in [0.15, 0.2) is 48.5 Å². The van der Waals surface area contributed by atoms with Gasteiger partial charge in [-0.15, -0.1) is 0 Å². The van der Waals surface area contributed by atoms with Gasteiger partial charge >= 0.3 is 0 Å². The molecule has 0 heterocycles. The van der Waals surface area contributed by atoms with Crippen LogP contribution in [0.1, 0.15) is 11.1 Å². The van der Waals surface area contributed by atoms with E-state index in [2.05, 4.69) is 11.8 Å². The van der Waals surface area contributed by atoms with Crippen LogP contribution in [0.2, 0.25) is 0 Å². The summed E-state index contributed by atoms with van der Waals surface area (Å²) in [5, 5.41) is 0. The average Bonchev–Trinajstić information content (AvgIpc) is 2.52. The monoisotopic (exact) mass is 267 g/mol. The van der Waals surface area contributed by atoms with Gasteiger partial charge in [-0.1, -0.05) is 42.2 Å². The van der Waals surface area contributed by atoms with Crippen molar-refractivity contribution in [3.05, 3.63) is 59.7 Å². The van der Waals surface area contributed by atoms with Gasteiger partial charge in [0.15, 0.2) is 11.5 Å². The molecule has 20 heavy (non-hydrogen) atoms. The molecular formula is C17H17NO2. The van der Waals surface area contributed by atoms with Gasteiger partial charge in [0.05, 0.1) is 7.11 Å². The molecular weight excluding hydrogens is 250 g/mol. The molecule has 0 saturated carbocycles. The number of hydrogen-bond donors (Lipinski definition) is 1. The van der Waals surface area contributed by atoms with Gasteiger partial charge in [-0.2, -0.15) is 0 Å². The van der Waals surface area contributed by atoms with Gasteiger partial charge < -0.3 is 15.2 Å². The highest BCUT2D eigenvalue weighted by molar-refractivity contribution is 5.46. The zero-order valence-electron chi connectivity index (χ0n) is 11.4. The third-order valence-electron chi connectivity index (χ3n) is 2.80. The van der Waals surface area contributed by atoms with Crippen LogP contribution in [-0.2, 0) is 6.54 Å². The van der Waals surface area contributed by atoms with Crippen molar-refractivity contribution in [2.45, 2.75) is 6.54 Å². The molecule has 0 aliphatic carbocycles. The molecule has 102 valence electrons. The van der Waals surface area contributed by atoms with Gasteiger partial charge in [0.2, 0.25) is 0 Å². The molecule has 0 aromatic heterocycles. The second kappa shape index (κ2) is 7.22. The van der Waals surface area contributed by atoms with E-state index in [-0.39, 0.29) is 0 Å². The second-order valence-electron chi connectivity index (χ2n) is 4.11. The number of ether oxygens (including phenoxy) is 2. The van der Waals surface area contributed by atoms with E-state index in [1.807, 2.05) is 48.5 Å². The Morgan fingerprint density at radius 1 is 1.05 bits per heavy atom. The maximum atomic E-state index is 5.70. The molecule has 0 atom stereocenters. The molecule has 3 heteroatoms. The highest BCUT2D eigenvalue weighted by Crippen LogP contribution is 2.30. The Morgan fingerprint density at radius 2 is 1.85 bits per heavy atom. The van der Waals surface area contributed by atoms with E-state index in [0.717, 1.165) is 11.1 Å². The quantitative estimate of drug-likeness (QED) is 0.866. The van der Waals surface area contributed by atoms with Gasteiger partial charge in [-0.25, -0.2) is 0 Å². The van der Waals surface area contributed by atoms with Crippen LogP contribution in [0, 0.1) is 11.8 Å². The molecule has 0 unspecified atom stereocenters. The van der Waals surface area contributed by atoms with Crippen LogP contribution >= 0.6 is 0 Å². The summed E-state index contributed by atoms with van der Waals surface area (Å²) in [5.74, 6) is 7.37. The maximum absolute atomic E-state index is 5.70. The number of methoxy groups -OCH3 is 1. The van der Waals surface area contributed by atoms with Crippen molar-refractivity contribution < 1.29 is 9.47 Å². The van der Waals surface area contributed by atoms with E-state index in [1.54, 1.807) is 7.11 Å². The average molecular weight is 267 g/mol. The standard InChI is InChI=1S/C17H17NO2/c1-19-16-11-5-10-15(13-18)17(16)20-12-6-9-14-7-3-2-4-8-14/h2-5,7-8,10-11H,12-13,18H2,1H3. The zero-order chi connectivity index (χ0) is 14.2. The smallest absolute Gasteiger partial charge is 0.167 e. The summed E-state index contributed by atoms with van der Waals surface area (Å²) in [7, 11) is 1.61. The van der Waals surface area contributed by atoms with E-state index in [0.29, 0.717) is 24.7 Å². The van der Waals surface area contributed by atoms with Crippen molar-refractivity contribution in [2.24, 2.45) is 5.73 Å². The third kappa shape index (κ3) is 3.53. The number of benzene rings is 2. The highest BCUT2D eigenvalue weighted by Gasteiger charge is 2.08. The molecule has 2 aromatic carbocycles. The molecule has 0 fully saturated rings. The molecule has 2 N–H and O–H groups in total. The molecule has 0 saturated heterocycles. The minimum atomic E-state index is 0.294. The molecule has 0 bridgehead atoms. The predicted octanol–water partition coefficient (Wildman–Crippen LogP) is 2.58. The molecule has 0 spiro atoms. The molecule has 0 aliphatic rings. The van der Waals surface area contributed by atoms with Crippen molar-refractivity contribution in [1.29, 1.82) is 0 Å². The molecule has 2 aromatic rings. The van der Waals surface area contributed by atoms with Crippen LogP contribution in [0.25, 0.3) is 0 Å². The molecule has 3 nitrogen and oxygen atoms in total. The Bertz CT molecular complexity index is 590. The minimum absolute atomic E-state index is 0.294. The van der Waals surface area contributed by atoms with Crippen molar-refractivity contribution >= 4 is 0 Å². The van der Waals surface area contributed by atoms with Gasteiger partial charge in [-0.05, 0) is 18.2 Å². The van der Waals surface area contributed by atoms with E-state index in [4.69, 9.17) is 15.2 Å². The molecule has 2 rings (SSSR count). The van der Waals surface area contributed by atoms with Gasteiger partial charge in [0, 0.05) is 17.7 Å². The van der Waals surface area contributed by atoms with Gasteiger partial charge in [-0.3, -0.25) is 0 Å². The summed E-state index contributed by atoms with van der Waals surface area (Å²) in [5.41, 5.74) is 7.57. The zero-order valence-corrected chi connectivity index (χ0v) is 11.4. The van der Waals surface area contributed by atoms with Gasteiger partial charge in [0.25, 0.3) is 0 Å². The van der Waals surface area contributed by atoms with Crippen LogP contribution in [-0.4, -0.2) is 13.7 Å². The lowest BCUT2D eigenvalue weighted by Crippen LogP contribution is -2.04. The van der Waals surface area contributed by atoms with E-state index < -0.39 is 0 Å². The first-order chi connectivity index (χ1) is 9.85. The predicted molar refractivity (Wildman–Crippen MR) is 79.7 cm³/mol. The topological polar surface area (TPSA) is 44.5 Å². The minimum Gasteiger partial charge on any atom is -0.493 e. The number of para-hydroxylation sites is 1. The third-order valence-corrected chi connectivity index (χ3v) is 2.80. The van der Waals surface area contributed by atoms with Crippen LogP contribution in [0.4, 0.5) is 0 Å². The Balaban J connectivity index is 2.06. The van der Waals surface area contributed by atoms with Crippen molar-refractivity contribution in [2.75, 3.05) is 13.7 Å². The summed E-state index contributed by atoms with van der Waals surface area (Å²) < 4.78 is 11.0. The van der Waals surface area contributed by atoms with Crippen LogP contribution in [0.5, 0.6) is 11.5 Å². The van der Waals surface area contributed by atoms with Gasteiger partial charge in [0.1, 0.15) is 6.61 Å². The molecule has 0 radical (unpaired) electrons. The summed E-state index contributed by atoms with van der Waals surface area (Å²) in [4.78, 5) is 0. The highest BCUT2D eigenvalue weighted by atomic mass is 16.5. The fraction of sp³-hybridized carbons (Fsp3) is 0.176. The molecule has 0 aliphatic heterocycles. The van der Waals surface area contributed by atoms with Crippen LogP contribution < -0.4 is 15.2 Å². The van der Waals surface area contributed by atoms with E-state index in [9.17, 15) is 0 Å². The first-order valence-electron chi connectivity index (χ1n) is 6.38. The Labute approximate surface area is 119 Å². The summed E-state index contributed by atoms with van der Waals surface area (Å²) in [6.45, 7) is 0.695. The van der Waals surface area contributed by atoms with Crippen molar-refractivity contribution in [3.8, 4) is 23.3 Å². The Kier molecular flexibility index (Phi) is 5.05. The number of nitrogens with two attached hydrogens (primary N) is 1. The number of hydrogen-bond acceptors (Lipinski definition) is 3. The first-order valence-corrected chi connectivity index (χ1v) is 6.38. The summed E-state index contributed by atoms with van der Waals surface area (Å²) in [6, 6.07) is 15.5. The van der Waals surface area contributed by atoms with Crippen molar-refractivity contribution in [3.63, 3.8) is 0 Å². The Morgan fingerprint density at radius 3 is 2.55 bits per heavy atom. The fourth-order valence-electron chi connectivity index (χ4n) is 1.81. The maximum Gasteiger partial charge on any atom is 0.167 e. The summed E-state index contributed by atoms with van der Waals surface area (Å²) >= 11 is 0. The van der Waals surface area contributed by atoms with E-state index in [1.165, 1.54) is 0 Å². The lowest BCUT2D eigenvalue weighted by molar-refractivity contribution is 0.327. The SMILES string of the molecule is COc1cccc(CN)c1OCC#Cc1ccccc1. The fourth-order valence-corrected chi connectivity index (χ4v) is 1.81.